The Balaban J connectivity index is 4.56. The second kappa shape index (κ2) is 22.4. The lowest BCUT2D eigenvalue weighted by atomic mass is 9.93. The van der Waals surface area contributed by atoms with Crippen LogP contribution in [0.25, 0.3) is 0 Å². The van der Waals surface area contributed by atoms with Gasteiger partial charge in [0.05, 0.1) is 13.2 Å². The lowest BCUT2D eigenvalue weighted by molar-refractivity contribution is -0.216. The van der Waals surface area contributed by atoms with E-state index in [0.29, 0.717) is 12.8 Å². The van der Waals surface area contributed by atoms with Gasteiger partial charge in [-0.3, -0.25) is 9.59 Å². The molecule has 0 aromatic carbocycles. The van der Waals surface area contributed by atoms with E-state index >= 15 is 0 Å². The minimum atomic E-state index is -2.37. The molecule has 0 aromatic rings. The van der Waals surface area contributed by atoms with Gasteiger partial charge in [0.15, 0.2) is 5.78 Å². The van der Waals surface area contributed by atoms with Crippen molar-refractivity contribution in [2.45, 2.75) is 127 Å². The van der Waals surface area contributed by atoms with Gasteiger partial charge in [-0.25, -0.2) is 0 Å². The van der Waals surface area contributed by atoms with Gasteiger partial charge in [-0.1, -0.05) is 70.4 Å². The first-order valence-electron chi connectivity index (χ1n) is 13.8. The van der Waals surface area contributed by atoms with Crippen LogP contribution in [0, 0.1) is 5.92 Å². The zero-order valence-electron chi connectivity index (χ0n) is 22.6. The second-order valence-corrected chi connectivity index (χ2v) is 9.72. The van der Waals surface area contributed by atoms with Gasteiger partial charge in [-0.05, 0) is 32.1 Å². The van der Waals surface area contributed by atoms with Crippen LogP contribution in [0.3, 0.4) is 0 Å². The van der Waals surface area contributed by atoms with E-state index in [2.05, 4.69) is 23.8 Å². The summed E-state index contributed by atoms with van der Waals surface area (Å²) in [5.74, 6) is -3.81. The molecule has 0 aliphatic heterocycles. The van der Waals surface area contributed by atoms with Crippen molar-refractivity contribution in [3.05, 3.63) is 12.2 Å². The van der Waals surface area contributed by atoms with Gasteiger partial charge in [-0.15, -0.1) is 0 Å². The van der Waals surface area contributed by atoms with Gasteiger partial charge in [0.1, 0.15) is 36.4 Å². The molecule has 0 saturated carbocycles. The van der Waals surface area contributed by atoms with Crippen LogP contribution in [0.15, 0.2) is 12.2 Å². The molecule has 0 bridgehead atoms. The van der Waals surface area contributed by atoms with Gasteiger partial charge in [0, 0.05) is 0 Å². The van der Waals surface area contributed by atoms with E-state index in [1.807, 2.05) is 0 Å². The number of aliphatic hydroxyl groups excluding tert-OH is 8. The maximum atomic E-state index is 12.5. The third-order valence-corrected chi connectivity index (χ3v) is 6.44. The summed E-state index contributed by atoms with van der Waals surface area (Å²) in [7, 11) is 0. The maximum absolute atomic E-state index is 12.5. The molecule has 0 radical (unpaired) electrons. The van der Waals surface area contributed by atoms with Gasteiger partial charge in [-0.2, -0.15) is 0 Å². The van der Waals surface area contributed by atoms with Crippen molar-refractivity contribution in [3.63, 3.8) is 0 Å². The van der Waals surface area contributed by atoms with E-state index in [4.69, 9.17) is 10.2 Å². The van der Waals surface area contributed by atoms with Crippen molar-refractivity contribution in [1.29, 1.82) is 0 Å². The third kappa shape index (κ3) is 15.2. The Morgan fingerprint density at radius 1 is 0.684 bits per heavy atom. The first-order valence-corrected chi connectivity index (χ1v) is 13.8. The Morgan fingerprint density at radius 3 is 1.74 bits per heavy atom. The molecule has 11 heteroatoms. The van der Waals surface area contributed by atoms with Crippen molar-refractivity contribution in [1.82, 2.24) is 0 Å². The Bertz CT molecular complexity index is 643. The molecule has 8 N–H and O–H groups in total. The molecule has 0 amide bonds. The summed E-state index contributed by atoms with van der Waals surface area (Å²) in [5.41, 5.74) is 0. The number of Topliss-reactive ketones (excluding diaryl/α,β-unsaturated/α-hetero) is 1. The fourth-order valence-electron chi connectivity index (χ4n) is 3.92. The molecule has 0 spiro atoms. The number of aliphatic hydroxyl groups is 8. The number of esters is 1. The second-order valence-electron chi connectivity index (χ2n) is 9.72. The average Bonchev–Trinajstić information content (AvgIpc) is 2.92. The Labute approximate surface area is 225 Å². The number of carbonyl (C=O) groups excluding carboxylic acids is 2. The Kier molecular flexibility index (Phi) is 21.5. The lowest BCUT2D eigenvalue weighted by Gasteiger charge is -2.28. The van der Waals surface area contributed by atoms with E-state index in [-0.39, 0.29) is 6.42 Å². The predicted octanol–water partition coefficient (Wildman–Crippen LogP) is 0.470. The van der Waals surface area contributed by atoms with E-state index in [1.165, 1.54) is 38.5 Å². The van der Waals surface area contributed by atoms with Gasteiger partial charge in [0.25, 0.3) is 0 Å². The molecular formula is C27H50O11. The smallest absolute Gasteiger partial charge is 0.318 e. The molecule has 11 nitrogen and oxygen atoms in total. The molecule has 0 heterocycles. The molecular weight excluding hydrogens is 500 g/mol. The van der Waals surface area contributed by atoms with Crippen LogP contribution in [0.4, 0.5) is 0 Å². The zero-order valence-corrected chi connectivity index (χ0v) is 22.6. The summed E-state index contributed by atoms with van der Waals surface area (Å²) in [6, 6.07) is 0. The number of unbranched alkanes of at least 4 members (excludes halogenated alkanes) is 10. The van der Waals surface area contributed by atoms with Crippen molar-refractivity contribution in [3.8, 4) is 0 Å². The topological polar surface area (TPSA) is 205 Å². The monoisotopic (exact) mass is 550 g/mol. The number of ketones is 1. The molecule has 224 valence electrons. The fraction of sp³-hybridized carbons (Fsp3) is 0.852. The SMILES string of the molecule is CCCCCCCC/C=C\CCCCCCC(C(=O)OC(O)[C@H](O)[C@H](O)[C@H](O)[C@@H](O)CO)C(=O)C(O)CO. The summed E-state index contributed by atoms with van der Waals surface area (Å²) in [6.07, 6.45) is 4.26. The summed E-state index contributed by atoms with van der Waals surface area (Å²) in [5, 5.41) is 76.3. The van der Waals surface area contributed by atoms with Crippen LogP contribution in [0.2, 0.25) is 0 Å². The maximum Gasteiger partial charge on any atom is 0.318 e. The normalized spacial score (nSPS) is 17.5. The van der Waals surface area contributed by atoms with Gasteiger partial charge < -0.3 is 45.6 Å². The largest absolute Gasteiger partial charge is 0.432 e. The van der Waals surface area contributed by atoms with Gasteiger partial charge in [0.2, 0.25) is 6.29 Å². The van der Waals surface area contributed by atoms with Crippen molar-refractivity contribution in [2.24, 2.45) is 5.92 Å². The highest BCUT2D eigenvalue weighted by molar-refractivity contribution is 6.01. The molecule has 0 saturated heterocycles. The van der Waals surface area contributed by atoms with Crippen LogP contribution in [0.5, 0.6) is 0 Å². The van der Waals surface area contributed by atoms with E-state index in [9.17, 15) is 40.2 Å². The summed E-state index contributed by atoms with van der Waals surface area (Å²) in [6.45, 7) is 0.349. The van der Waals surface area contributed by atoms with Crippen molar-refractivity contribution in [2.75, 3.05) is 13.2 Å². The third-order valence-electron chi connectivity index (χ3n) is 6.44. The molecule has 0 aromatic heterocycles. The molecule has 0 aliphatic rings. The Morgan fingerprint density at radius 2 is 1.21 bits per heavy atom. The fourth-order valence-corrected chi connectivity index (χ4v) is 3.92. The van der Waals surface area contributed by atoms with Crippen molar-refractivity contribution < 1.29 is 55.2 Å². The summed E-state index contributed by atoms with van der Waals surface area (Å²) >= 11 is 0. The van der Waals surface area contributed by atoms with E-state index < -0.39 is 67.7 Å². The highest BCUT2D eigenvalue weighted by Crippen LogP contribution is 2.19. The van der Waals surface area contributed by atoms with Crippen molar-refractivity contribution >= 4 is 11.8 Å². The van der Waals surface area contributed by atoms with Crippen LogP contribution in [0.1, 0.15) is 90.4 Å². The highest BCUT2D eigenvalue weighted by atomic mass is 16.6. The van der Waals surface area contributed by atoms with E-state index in [0.717, 1.165) is 25.7 Å². The lowest BCUT2D eigenvalue weighted by Crippen LogP contribution is -2.51. The number of rotatable bonds is 24. The average molecular weight is 551 g/mol. The van der Waals surface area contributed by atoms with Crippen LogP contribution in [-0.2, 0) is 14.3 Å². The molecule has 0 aliphatic carbocycles. The Hall–Kier alpha value is -1.44. The molecule has 38 heavy (non-hydrogen) atoms. The number of hydrogen-bond donors (Lipinski definition) is 8. The molecule has 3 unspecified atom stereocenters. The standard InChI is InChI=1S/C27H50O11/c1-2-3-4-5-6-7-8-9-10-11-12-13-14-15-16-19(22(32)20(30)17-28)26(36)38-27(37)25(35)24(34)23(33)21(31)18-29/h9-10,19-21,23-25,27-31,33-35,37H,2-8,11-18H2,1H3/b10-9-/t19?,20?,21-,23+,24+,25+,27?/m0/s1. The highest BCUT2D eigenvalue weighted by Gasteiger charge is 2.38. The van der Waals surface area contributed by atoms with Crippen LogP contribution in [-0.4, -0.2) is 103 Å². The zero-order chi connectivity index (χ0) is 28.9. The summed E-state index contributed by atoms with van der Waals surface area (Å²) < 4.78 is 4.67. The number of allylic oxidation sites excluding steroid dienone is 2. The minimum absolute atomic E-state index is 0.0280. The minimum Gasteiger partial charge on any atom is -0.432 e. The quantitative estimate of drug-likeness (QED) is 0.0272. The number of hydrogen-bond acceptors (Lipinski definition) is 11. The molecule has 0 rings (SSSR count). The molecule has 0 fully saturated rings. The first kappa shape index (κ1) is 36.6. The van der Waals surface area contributed by atoms with Crippen LogP contribution >= 0.6 is 0 Å². The summed E-state index contributed by atoms with van der Waals surface area (Å²) in [4.78, 5) is 24.9. The first-order chi connectivity index (χ1) is 18.1. The number of ether oxygens (including phenoxy) is 1. The van der Waals surface area contributed by atoms with E-state index in [1.54, 1.807) is 0 Å². The molecule has 7 atom stereocenters. The number of carbonyl (C=O) groups is 2. The van der Waals surface area contributed by atoms with Gasteiger partial charge >= 0.3 is 5.97 Å². The predicted molar refractivity (Wildman–Crippen MR) is 140 cm³/mol. The van der Waals surface area contributed by atoms with Crippen LogP contribution < -0.4 is 0 Å².